The molecule has 0 aliphatic carbocycles. The van der Waals surface area contributed by atoms with E-state index >= 15 is 0 Å². The number of methoxy groups -OCH3 is 2. The van der Waals surface area contributed by atoms with E-state index in [-0.39, 0.29) is 0 Å². The average molecular weight is 273 g/mol. The number of ether oxygens (including phenoxy) is 2. The third kappa shape index (κ3) is 3.32. The first-order chi connectivity index (χ1) is 9.76. The third-order valence-corrected chi connectivity index (χ3v) is 2.99. The van der Waals surface area contributed by atoms with Crippen LogP contribution in [0.25, 0.3) is 0 Å². The van der Waals surface area contributed by atoms with Crippen LogP contribution in [-0.4, -0.2) is 26.3 Å². The fraction of sp³-hybridized carbons (Fsp3) is 0.267. The van der Waals surface area contributed by atoms with Gasteiger partial charge >= 0.3 is 0 Å². The molecule has 2 aromatic rings. The van der Waals surface area contributed by atoms with Crippen molar-refractivity contribution in [1.29, 1.82) is 0 Å². The highest BCUT2D eigenvalue weighted by atomic mass is 16.5. The van der Waals surface area contributed by atoms with Crippen molar-refractivity contribution in [3.63, 3.8) is 0 Å². The van der Waals surface area contributed by atoms with E-state index in [2.05, 4.69) is 15.6 Å². The van der Waals surface area contributed by atoms with E-state index < -0.39 is 0 Å². The second-order valence-corrected chi connectivity index (χ2v) is 4.21. The van der Waals surface area contributed by atoms with Crippen LogP contribution in [-0.2, 0) is 6.54 Å². The maximum atomic E-state index is 5.38. The molecule has 20 heavy (non-hydrogen) atoms. The van der Waals surface area contributed by atoms with Gasteiger partial charge in [0.25, 0.3) is 0 Å². The minimum absolute atomic E-state index is 0.667. The Morgan fingerprint density at radius 1 is 1.10 bits per heavy atom. The maximum absolute atomic E-state index is 5.38. The Morgan fingerprint density at radius 3 is 2.65 bits per heavy atom. The van der Waals surface area contributed by atoms with Gasteiger partial charge in [0.1, 0.15) is 17.3 Å². The molecule has 1 aromatic heterocycles. The minimum atomic E-state index is 0.667. The molecule has 0 atom stereocenters. The molecule has 0 spiro atoms. The number of benzene rings is 1. The summed E-state index contributed by atoms with van der Waals surface area (Å²) in [5.41, 5.74) is 2.07. The molecule has 5 heteroatoms. The molecule has 1 aromatic carbocycles. The zero-order chi connectivity index (χ0) is 14.4. The van der Waals surface area contributed by atoms with Crippen molar-refractivity contribution >= 4 is 11.5 Å². The van der Waals surface area contributed by atoms with E-state index in [0.717, 1.165) is 28.6 Å². The summed E-state index contributed by atoms with van der Waals surface area (Å²) < 4.78 is 10.6. The van der Waals surface area contributed by atoms with Crippen molar-refractivity contribution < 1.29 is 9.47 Å². The number of nitrogens with one attached hydrogen (secondary N) is 2. The van der Waals surface area contributed by atoms with Crippen molar-refractivity contribution in [2.75, 3.05) is 31.9 Å². The summed E-state index contributed by atoms with van der Waals surface area (Å²) in [4.78, 5) is 4.18. The molecule has 0 fully saturated rings. The van der Waals surface area contributed by atoms with Gasteiger partial charge in [0.05, 0.1) is 14.2 Å². The van der Waals surface area contributed by atoms with Crippen LogP contribution in [0, 0.1) is 0 Å². The molecule has 106 valence electrons. The number of rotatable bonds is 6. The topological polar surface area (TPSA) is 55.4 Å². The Morgan fingerprint density at radius 2 is 1.95 bits per heavy atom. The maximum Gasteiger partial charge on any atom is 0.127 e. The van der Waals surface area contributed by atoms with E-state index in [4.69, 9.17) is 9.47 Å². The first-order valence-electron chi connectivity index (χ1n) is 6.35. The molecule has 2 N–H and O–H groups in total. The molecular weight excluding hydrogens is 254 g/mol. The van der Waals surface area contributed by atoms with Gasteiger partial charge < -0.3 is 20.1 Å². The van der Waals surface area contributed by atoms with Crippen LogP contribution in [0.5, 0.6) is 11.5 Å². The quantitative estimate of drug-likeness (QED) is 0.847. The van der Waals surface area contributed by atoms with Gasteiger partial charge in [-0.05, 0) is 18.2 Å². The van der Waals surface area contributed by atoms with Gasteiger partial charge in [-0.1, -0.05) is 0 Å². The summed E-state index contributed by atoms with van der Waals surface area (Å²) >= 11 is 0. The zero-order valence-electron chi connectivity index (χ0n) is 11.9. The van der Waals surface area contributed by atoms with Crippen LogP contribution in [0.2, 0.25) is 0 Å². The van der Waals surface area contributed by atoms with Gasteiger partial charge in [0.2, 0.25) is 0 Å². The van der Waals surface area contributed by atoms with Crippen molar-refractivity contribution in [3.8, 4) is 11.5 Å². The summed E-state index contributed by atoms with van der Waals surface area (Å²) in [7, 11) is 5.14. The molecule has 5 nitrogen and oxygen atoms in total. The van der Waals surface area contributed by atoms with Gasteiger partial charge in [-0.2, -0.15) is 0 Å². The van der Waals surface area contributed by atoms with E-state index in [1.165, 1.54) is 0 Å². The number of anilines is 2. The van der Waals surface area contributed by atoms with Gasteiger partial charge in [-0.15, -0.1) is 0 Å². The molecule has 0 saturated heterocycles. The van der Waals surface area contributed by atoms with Crippen molar-refractivity contribution in [2.45, 2.75) is 6.54 Å². The lowest BCUT2D eigenvalue weighted by atomic mass is 10.2. The van der Waals surface area contributed by atoms with E-state index in [1.807, 2.05) is 37.4 Å². The molecule has 0 aliphatic heterocycles. The number of hydrogen-bond acceptors (Lipinski definition) is 5. The summed E-state index contributed by atoms with van der Waals surface area (Å²) in [5, 5.41) is 6.36. The molecule has 0 amide bonds. The lowest BCUT2D eigenvalue weighted by molar-refractivity contribution is 0.391. The molecule has 0 unspecified atom stereocenters. The summed E-state index contributed by atoms with van der Waals surface area (Å²) in [6, 6.07) is 9.67. The Balaban J connectivity index is 2.10. The largest absolute Gasteiger partial charge is 0.497 e. The van der Waals surface area contributed by atoms with Crippen molar-refractivity contribution in [1.82, 2.24) is 4.98 Å². The lowest BCUT2D eigenvalue weighted by Gasteiger charge is -2.12. The Hall–Kier alpha value is -2.43. The van der Waals surface area contributed by atoms with Crippen LogP contribution in [0.3, 0.4) is 0 Å². The molecule has 2 rings (SSSR count). The second-order valence-electron chi connectivity index (χ2n) is 4.21. The SMILES string of the molecule is CNc1cc(NCc2ccc(OC)cc2OC)ccn1. The Labute approximate surface area is 118 Å². The predicted octanol–water partition coefficient (Wildman–Crippen LogP) is 2.75. The highest BCUT2D eigenvalue weighted by Gasteiger charge is 2.05. The van der Waals surface area contributed by atoms with Gasteiger partial charge in [-0.3, -0.25) is 0 Å². The van der Waals surface area contributed by atoms with E-state index in [0.29, 0.717) is 6.54 Å². The standard InChI is InChI=1S/C15H19N3O2/c1-16-15-8-12(6-7-17-15)18-10-11-4-5-13(19-2)9-14(11)20-3/h4-9H,10H2,1-3H3,(H2,16,17,18). The van der Waals surface area contributed by atoms with Crippen LogP contribution in [0.4, 0.5) is 11.5 Å². The highest BCUT2D eigenvalue weighted by Crippen LogP contribution is 2.25. The summed E-state index contributed by atoms with van der Waals surface area (Å²) in [6.07, 6.45) is 1.76. The molecule has 0 radical (unpaired) electrons. The minimum Gasteiger partial charge on any atom is -0.497 e. The van der Waals surface area contributed by atoms with Gasteiger partial charge in [0, 0.05) is 43.2 Å². The number of nitrogens with zero attached hydrogens (tertiary/aromatic N) is 1. The molecule has 0 bridgehead atoms. The van der Waals surface area contributed by atoms with Crippen molar-refractivity contribution in [2.24, 2.45) is 0 Å². The summed E-state index contributed by atoms with van der Waals surface area (Å²) in [6.45, 7) is 0.667. The van der Waals surface area contributed by atoms with Gasteiger partial charge in [0.15, 0.2) is 0 Å². The third-order valence-electron chi connectivity index (χ3n) is 2.99. The van der Waals surface area contributed by atoms with E-state index in [1.54, 1.807) is 20.4 Å². The zero-order valence-corrected chi connectivity index (χ0v) is 11.9. The van der Waals surface area contributed by atoms with Crippen molar-refractivity contribution in [3.05, 3.63) is 42.1 Å². The predicted molar refractivity (Wildman–Crippen MR) is 80.7 cm³/mol. The number of aromatic nitrogens is 1. The lowest BCUT2D eigenvalue weighted by Crippen LogP contribution is -2.03. The molecule has 0 saturated carbocycles. The fourth-order valence-corrected chi connectivity index (χ4v) is 1.87. The fourth-order valence-electron chi connectivity index (χ4n) is 1.87. The van der Waals surface area contributed by atoms with Crippen LogP contribution >= 0.6 is 0 Å². The first kappa shape index (κ1) is 14.0. The smallest absolute Gasteiger partial charge is 0.127 e. The summed E-state index contributed by atoms with van der Waals surface area (Å²) in [5.74, 6) is 2.42. The average Bonchev–Trinajstić information content (AvgIpc) is 2.52. The number of hydrogen-bond donors (Lipinski definition) is 2. The normalized spacial score (nSPS) is 9.95. The molecular formula is C15H19N3O2. The van der Waals surface area contributed by atoms with Crippen LogP contribution in [0.15, 0.2) is 36.5 Å². The van der Waals surface area contributed by atoms with E-state index in [9.17, 15) is 0 Å². The Bertz CT molecular complexity index is 573. The Kier molecular flexibility index (Phi) is 4.65. The highest BCUT2D eigenvalue weighted by molar-refractivity contribution is 5.52. The van der Waals surface area contributed by atoms with Gasteiger partial charge in [-0.25, -0.2) is 4.98 Å². The van der Waals surface area contributed by atoms with Crippen LogP contribution < -0.4 is 20.1 Å². The van der Waals surface area contributed by atoms with Crippen LogP contribution in [0.1, 0.15) is 5.56 Å². The second kappa shape index (κ2) is 6.65. The number of pyridine rings is 1. The molecule has 0 aliphatic rings. The molecule has 1 heterocycles. The first-order valence-corrected chi connectivity index (χ1v) is 6.35. The monoisotopic (exact) mass is 273 g/mol.